The standard InChI is InChI=1S/C12H20O4/c1-7(2)15-11(13)9-5-6-10(9)12(14)16-8(3)4/h7-10H,5-6H2,1-4H3/t9-,10-/m0/s1. The van der Waals surface area contributed by atoms with Crippen LogP contribution in [0.15, 0.2) is 0 Å². The first-order valence-electron chi connectivity index (χ1n) is 5.82. The van der Waals surface area contributed by atoms with Crippen molar-refractivity contribution < 1.29 is 19.1 Å². The highest BCUT2D eigenvalue weighted by Gasteiger charge is 2.43. The molecule has 4 nitrogen and oxygen atoms in total. The zero-order chi connectivity index (χ0) is 12.3. The summed E-state index contributed by atoms with van der Waals surface area (Å²) in [5.41, 5.74) is 0. The van der Waals surface area contributed by atoms with Crippen LogP contribution in [0.1, 0.15) is 40.5 Å². The second-order valence-corrected chi connectivity index (χ2v) is 4.76. The van der Waals surface area contributed by atoms with Crippen LogP contribution in [-0.2, 0) is 19.1 Å². The molecule has 0 saturated heterocycles. The molecule has 0 aromatic carbocycles. The van der Waals surface area contributed by atoms with Gasteiger partial charge in [0, 0.05) is 0 Å². The highest BCUT2D eigenvalue weighted by Crippen LogP contribution is 2.36. The van der Waals surface area contributed by atoms with E-state index in [1.807, 2.05) is 0 Å². The molecule has 0 heterocycles. The Balaban J connectivity index is 2.46. The quantitative estimate of drug-likeness (QED) is 0.690. The molecule has 92 valence electrons. The number of ether oxygens (including phenoxy) is 2. The Morgan fingerprint density at radius 2 is 1.19 bits per heavy atom. The van der Waals surface area contributed by atoms with E-state index in [4.69, 9.17) is 9.47 Å². The Morgan fingerprint density at radius 3 is 1.38 bits per heavy atom. The topological polar surface area (TPSA) is 52.6 Å². The fraction of sp³-hybridized carbons (Fsp3) is 0.833. The molecular formula is C12H20O4. The maximum absolute atomic E-state index is 11.6. The maximum atomic E-state index is 11.6. The lowest BCUT2D eigenvalue weighted by Gasteiger charge is -2.33. The number of carbonyl (C=O) groups is 2. The first kappa shape index (κ1) is 13.0. The molecule has 2 atom stereocenters. The van der Waals surface area contributed by atoms with Crippen LogP contribution in [0, 0.1) is 11.8 Å². The second-order valence-electron chi connectivity index (χ2n) is 4.76. The van der Waals surface area contributed by atoms with Crippen molar-refractivity contribution in [2.24, 2.45) is 11.8 Å². The second kappa shape index (κ2) is 5.32. The Labute approximate surface area is 96.3 Å². The lowest BCUT2D eigenvalue weighted by Crippen LogP contribution is -2.41. The van der Waals surface area contributed by atoms with Crippen molar-refractivity contribution in [3.63, 3.8) is 0 Å². The third kappa shape index (κ3) is 3.22. The summed E-state index contributed by atoms with van der Waals surface area (Å²) in [5.74, 6) is -1.14. The molecule has 0 spiro atoms. The summed E-state index contributed by atoms with van der Waals surface area (Å²) < 4.78 is 10.2. The van der Waals surface area contributed by atoms with E-state index in [1.165, 1.54) is 0 Å². The molecule has 1 fully saturated rings. The molecule has 0 N–H and O–H groups in total. The Morgan fingerprint density at radius 1 is 0.875 bits per heavy atom. The molecular weight excluding hydrogens is 208 g/mol. The van der Waals surface area contributed by atoms with Gasteiger partial charge in [0.2, 0.25) is 0 Å². The van der Waals surface area contributed by atoms with Gasteiger partial charge >= 0.3 is 11.9 Å². The SMILES string of the molecule is CC(C)OC(=O)[C@H]1CC[C@@H]1C(=O)OC(C)C. The highest BCUT2D eigenvalue weighted by molar-refractivity contribution is 5.84. The zero-order valence-corrected chi connectivity index (χ0v) is 10.4. The Hall–Kier alpha value is -1.06. The number of esters is 2. The number of hydrogen-bond donors (Lipinski definition) is 0. The van der Waals surface area contributed by atoms with Crippen molar-refractivity contribution in [1.29, 1.82) is 0 Å². The smallest absolute Gasteiger partial charge is 0.310 e. The average molecular weight is 228 g/mol. The van der Waals surface area contributed by atoms with Gasteiger partial charge in [-0.3, -0.25) is 9.59 Å². The molecule has 0 aromatic heterocycles. The van der Waals surface area contributed by atoms with Crippen LogP contribution < -0.4 is 0 Å². The lowest BCUT2D eigenvalue weighted by molar-refractivity contribution is -0.171. The van der Waals surface area contributed by atoms with Crippen molar-refractivity contribution in [2.45, 2.75) is 52.7 Å². The molecule has 1 aliphatic carbocycles. The molecule has 16 heavy (non-hydrogen) atoms. The van der Waals surface area contributed by atoms with Crippen molar-refractivity contribution in [3.05, 3.63) is 0 Å². The summed E-state index contributed by atoms with van der Waals surface area (Å²) in [4.78, 5) is 23.2. The molecule has 0 radical (unpaired) electrons. The molecule has 4 heteroatoms. The van der Waals surface area contributed by atoms with Crippen LogP contribution >= 0.6 is 0 Å². The summed E-state index contributed by atoms with van der Waals surface area (Å²) in [6.07, 6.45) is 1.19. The fourth-order valence-corrected chi connectivity index (χ4v) is 1.70. The Kier molecular flexibility index (Phi) is 4.33. The van der Waals surface area contributed by atoms with Gasteiger partial charge < -0.3 is 9.47 Å². The van der Waals surface area contributed by atoms with Gasteiger partial charge in [0.1, 0.15) is 0 Å². The van der Waals surface area contributed by atoms with Gasteiger partial charge in [-0.25, -0.2) is 0 Å². The predicted molar refractivity (Wildman–Crippen MR) is 58.7 cm³/mol. The van der Waals surface area contributed by atoms with E-state index < -0.39 is 0 Å². The van der Waals surface area contributed by atoms with Crippen molar-refractivity contribution in [3.8, 4) is 0 Å². The lowest BCUT2D eigenvalue weighted by atomic mass is 9.73. The average Bonchev–Trinajstić information content (AvgIpc) is 1.96. The first-order valence-corrected chi connectivity index (χ1v) is 5.82. The van der Waals surface area contributed by atoms with Crippen LogP contribution in [0.5, 0.6) is 0 Å². The Bertz CT molecular complexity index is 242. The van der Waals surface area contributed by atoms with Gasteiger partial charge in [-0.1, -0.05) is 0 Å². The van der Waals surface area contributed by atoms with Crippen LogP contribution in [0.2, 0.25) is 0 Å². The van der Waals surface area contributed by atoms with Crippen LogP contribution in [0.3, 0.4) is 0 Å². The third-order valence-electron chi connectivity index (χ3n) is 2.58. The fourth-order valence-electron chi connectivity index (χ4n) is 1.70. The summed E-state index contributed by atoms with van der Waals surface area (Å²) in [6.45, 7) is 7.21. The van der Waals surface area contributed by atoms with E-state index >= 15 is 0 Å². The van der Waals surface area contributed by atoms with Gasteiger partial charge in [0.15, 0.2) is 0 Å². The highest BCUT2D eigenvalue weighted by atomic mass is 16.6. The van der Waals surface area contributed by atoms with Crippen LogP contribution in [0.4, 0.5) is 0 Å². The molecule has 1 rings (SSSR count). The zero-order valence-electron chi connectivity index (χ0n) is 10.4. The maximum Gasteiger partial charge on any atom is 0.310 e. The monoisotopic (exact) mass is 228 g/mol. The van der Waals surface area contributed by atoms with Crippen molar-refractivity contribution in [1.82, 2.24) is 0 Å². The molecule has 0 aromatic rings. The van der Waals surface area contributed by atoms with E-state index in [1.54, 1.807) is 27.7 Å². The van der Waals surface area contributed by atoms with Crippen LogP contribution in [-0.4, -0.2) is 24.1 Å². The first-order chi connectivity index (χ1) is 7.41. The van der Waals surface area contributed by atoms with E-state index in [2.05, 4.69) is 0 Å². The van der Waals surface area contributed by atoms with Crippen LogP contribution in [0.25, 0.3) is 0 Å². The van der Waals surface area contributed by atoms with E-state index in [-0.39, 0.29) is 36.0 Å². The van der Waals surface area contributed by atoms with Crippen molar-refractivity contribution >= 4 is 11.9 Å². The van der Waals surface area contributed by atoms with E-state index in [0.717, 1.165) is 12.8 Å². The number of hydrogen-bond acceptors (Lipinski definition) is 4. The van der Waals surface area contributed by atoms with E-state index in [9.17, 15) is 9.59 Å². The summed E-state index contributed by atoms with van der Waals surface area (Å²) in [7, 11) is 0. The van der Waals surface area contributed by atoms with E-state index in [0.29, 0.717) is 0 Å². The van der Waals surface area contributed by atoms with Gasteiger partial charge in [0.25, 0.3) is 0 Å². The molecule has 1 aliphatic rings. The number of carbonyl (C=O) groups excluding carboxylic acids is 2. The molecule has 0 unspecified atom stereocenters. The third-order valence-corrected chi connectivity index (χ3v) is 2.58. The molecule has 0 bridgehead atoms. The van der Waals surface area contributed by atoms with Gasteiger partial charge in [-0.15, -0.1) is 0 Å². The summed E-state index contributed by atoms with van der Waals surface area (Å²) >= 11 is 0. The predicted octanol–water partition coefficient (Wildman–Crippen LogP) is 1.92. The minimum Gasteiger partial charge on any atom is -0.463 e. The summed E-state index contributed by atoms with van der Waals surface area (Å²) in [6, 6.07) is 0. The minimum absolute atomic E-state index is 0.130. The normalized spacial score (nSPS) is 24.1. The van der Waals surface area contributed by atoms with Gasteiger partial charge in [-0.05, 0) is 40.5 Å². The van der Waals surface area contributed by atoms with Gasteiger partial charge in [0.05, 0.1) is 24.0 Å². The largest absolute Gasteiger partial charge is 0.463 e. The molecule has 0 amide bonds. The molecule has 0 aliphatic heterocycles. The van der Waals surface area contributed by atoms with Crippen molar-refractivity contribution in [2.75, 3.05) is 0 Å². The summed E-state index contributed by atoms with van der Waals surface area (Å²) in [5, 5.41) is 0. The molecule has 1 saturated carbocycles. The van der Waals surface area contributed by atoms with Gasteiger partial charge in [-0.2, -0.15) is 0 Å². The number of rotatable bonds is 4. The minimum atomic E-state index is -0.298.